The number of hydrogen-bond donors (Lipinski definition) is 0. The summed E-state index contributed by atoms with van der Waals surface area (Å²) >= 11 is 10.0. The number of amides is 1. The second-order valence-electron chi connectivity index (χ2n) is 8.76. The summed E-state index contributed by atoms with van der Waals surface area (Å²) in [4.78, 5) is 21.4. The quantitative estimate of drug-likeness (QED) is 0.519. The van der Waals surface area contributed by atoms with Gasteiger partial charge in [-0.1, -0.05) is 11.6 Å². The summed E-state index contributed by atoms with van der Waals surface area (Å²) in [5.41, 5.74) is 2.37. The number of aryl methyl sites for hydroxylation is 1. The van der Waals surface area contributed by atoms with Crippen molar-refractivity contribution in [1.82, 2.24) is 9.88 Å². The molecule has 6 nitrogen and oxygen atoms in total. The second-order valence-corrected chi connectivity index (χ2v) is 9.96. The third-order valence-corrected chi connectivity index (χ3v) is 6.96. The van der Waals surface area contributed by atoms with Crippen LogP contribution >= 0.6 is 27.5 Å². The molecule has 0 N–H and O–H groups in total. The molecule has 0 aliphatic carbocycles. The molecule has 29 heavy (non-hydrogen) atoms. The SMILES string of the molecule is Cc1c(Br)c(Cl)cc2c3c(cnc12)OC[C@H]1CN(C(=O)OC(C)(C)C)[C@H](C)CN31. The zero-order valence-electron chi connectivity index (χ0n) is 17.3. The van der Waals surface area contributed by atoms with Crippen molar-refractivity contribution in [3.8, 4) is 5.75 Å². The van der Waals surface area contributed by atoms with E-state index in [2.05, 4.69) is 25.8 Å². The van der Waals surface area contributed by atoms with Crippen molar-refractivity contribution >= 4 is 50.2 Å². The first-order valence-electron chi connectivity index (χ1n) is 9.73. The monoisotopic (exact) mass is 481 g/mol. The highest BCUT2D eigenvalue weighted by molar-refractivity contribution is 9.10. The number of carbonyl (C=O) groups is 1. The van der Waals surface area contributed by atoms with E-state index in [-0.39, 0.29) is 18.2 Å². The van der Waals surface area contributed by atoms with Crippen molar-refractivity contribution in [3.05, 3.63) is 27.3 Å². The summed E-state index contributed by atoms with van der Waals surface area (Å²) in [6, 6.07) is 1.98. The van der Waals surface area contributed by atoms with Gasteiger partial charge in [0.25, 0.3) is 0 Å². The number of nitrogens with zero attached hydrogens (tertiary/aromatic N) is 3. The van der Waals surface area contributed by atoms with Gasteiger partial charge in [0, 0.05) is 29.0 Å². The fraction of sp³-hybridized carbons (Fsp3) is 0.524. The topological polar surface area (TPSA) is 54.9 Å². The number of benzene rings is 1. The van der Waals surface area contributed by atoms with Gasteiger partial charge in [0.1, 0.15) is 12.2 Å². The van der Waals surface area contributed by atoms with Gasteiger partial charge >= 0.3 is 6.09 Å². The average Bonchev–Trinajstić information content (AvgIpc) is 2.63. The van der Waals surface area contributed by atoms with Crippen LogP contribution in [-0.2, 0) is 4.74 Å². The van der Waals surface area contributed by atoms with Crippen LogP contribution in [0.3, 0.4) is 0 Å². The number of anilines is 1. The lowest BCUT2D eigenvalue weighted by Gasteiger charge is -2.48. The molecule has 2 aliphatic heterocycles. The van der Waals surface area contributed by atoms with Crippen molar-refractivity contribution in [2.75, 3.05) is 24.6 Å². The summed E-state index contributed by atoms with van der Waals surface area (Å²) in [7, 11) is 0. The van der Waals surface area contributed by atoms with E-state index in [0.717, 1.165) is 32.4 Å². The number of hydrogen-bond acceptors (Lipinski definition) is 5. The molecule has 2 aromatic rings. The minimum absolute atomic E-state index is 0.00211. The predicted molar refractivity (Wildman–Crippen MR) is 118 cm³/mol. The Balaban J connectivity index is 1.72. The molecule has 0 bridgehead atoms. The molecule has 1 aromatic carbocycles. The van der Waals surface area contributed by atoms with Crippen LogP contribution < -0.4 is 9.64 Å². The highest BCUT2D eigenvalue weighted by Crippen LogP contribution is 2.44. The van der Waals surface area contributed by atoms with Crippen LogP contribution in [0.15, 0.2) is 16.7 Å². The van der Waals surface area contributed by atoms with E-state index >= 15 is 0 Å². The molecule has 0 saturated carbocycles. The Bertz CT molecular complexity index is 992. The van der Waals surface area contributed by atoms with Gasteiger partial charge in [-0.2, -0.15) is 0 Å². The van der Waals surface area contributed by atoms with Crippen molar-refractivity contribution < 1.29 is 14.3 Å². The fourth-order valence-electron chi connectivity index (χ4n) is 4.02. The number of piperazine rings is 1. The molecule has 1 aromatic heterocycles. The highest BCUT2D eigenvalue weighted by Gasteiger charge is 2.40. The molecule has 1 fully saturated rings. The molecule has 0 spiro atoms. The van der Waals surface area contributed by atoms with Gasteiger partial charge in [0.2, 0.25) is 0 Å². The largest absolute Gasteiger partial charge is 0.488 e. The molecule has 0 unspecified atom stereocenters. The van der Waals surface area contributed by atoms with Crippen molar-refractivity contribution in [2.45, 2.75) is 52.3 Å². The van der Waals surface area contributed by atoms with E-state index in [9.17, 15) is 4.79 Å². The number of rotatable bonds is 0. The Morgan fingerprint density at radius 3 is 2.79 bits per heavy atom. The van der Waals surface area contributed by atoms with Gasteiger partial charge < -0.3 is 19.3 Å². The third-order valence-electron chi connectivity index (χ3n) is 5.41. The number of ether oxygens (including phenoxy) is 2. The van der Waals surface area contributed by atoms with Gasteiger partial charge in [0.15, 0.2) is 5.75 Å². The van der Waals surface area contributed by atoms with E-state index in [1.807, 2.05) is 40.7 Å². The summed E-state index contributed by atoms with van der Waals surface area (Å²) in [6.07, 6.45) is 1.50. The maximum absolute atomic E-state index is 12.7. The maximum Gasteiger partial charge on any atom is 0.410 e. The van der Waals surface area contributed by atoms with Gasteiger partial charge in [-0.15, -0.1) is 0 Å². The van der Waals surface area contributed by atoms with Crippen LogP contribution in [0.4, 0.5) is 10.5 Å². The van der Waals surface area contributed by atoms with E-state index in [0.29, 0.717) is 24.7 Å². The molecule has 2 atom stereocenters. The van der Waals surface area contributed by atoms with Crippen LogP contribution in [0.1, 0.15) is 33.3 Å². The van der Waals surface area contributed by atoms with Crippen molar-refractivity contribution in [3.63, 3.8) is 0 Å². The molecule has 4 rings (SSSR count). The summed E-state index contributed by atoms with van der Waals surface area (Å²) in [5, 5.41) is 1.61. The first-order chi connectivity index (χ1) is 13.6. The summed E-state index contributed by atoms with van der Waals surface area (Å²) < 4.78 is 12.5. The molecular weight excluding hydrogens is 458 g/mol. The zero-order valence-corrected chi connectivity index (χ0v) is 19.6. The number of fused-ring (bicyclic) bond motifs is 5. The first kappa shape index (κ1) is 20.5. The number of aromatic nitrogens is 1. The van der Waals surface area contributed by atoms with E-state index < -0.39 is 5.60 Å². The molecule has 156 valence electrons. The smallest absolute Gasteiger partial charge is 0.410 e. The molecule has 1 amide bonds. The summed E-state index contributed by atoms with van der Waals surface area (Å²) in [6.45, 7) is 11.4. The van der Waals surface area contributed by atoms with Crippen molar-refractivity contribution in [2.24, 2.45) is 0 Å². The van der Waals surface area contributed by atoms with Gasteiger partial charge in [-0.05, 0) is 62.2 Å². The van der Waals surface area contributed by atoms with Gasteiger partial charge in [0.05, 0.1) is 28.5 Å². The lowest BCUT2D eigenvalue weighted by molar-refractivity contribution is 0.00997. The summed E-state index contributed by atoms with van der Waals surface area (Å²) in [5.74, 6) is 0.754. The molecule has 1 saturated heterocycles. The molecule has 0 radical (unpaired) electrons. The minimum atomic E-state index is -0.521. The number of pyridine rings is 1. The van der Waals surface area contributed by atoms with Crippen LogP contribution in [0.25, 0.3) is 10.9 Å². The van der Waals surface area contributed by atoms with E-state index in [1.54, 1.807) is 11.1 Å². The average molecular weight is 483 g/mol. The van der Waals surface area contributed by atoms with Crippen LogP contribution in [0.2, 0.25) is 5.02 Å². The molecule has 8 heteroatoms. The predicted octanol–water partition coefficient (Wildman–Crippen LogP) is 5.17. The second kappa shape index (κ2) is 7.20. The fourth-order valence-corrected chi connectivity index (χ4v) is 4.58. The Morgan fingerprint density at radius 2 is 2.10 bits per heavy atom. The Labute approximate surface area is 184 Å². The first-order valence-corrected chi connectivity index (χ1v) is 10.9. The van der Waals surface area contributed by atoms with E-state index in [4.69, 9.17) is 21.1 Å². The zero-order chi connectivity index (χ0) is 21.1. The standard InChI is InChI=1S/C21H25BrClN3O3/c1-11-8-26-13(9-25(11)20(27)29-21(3,4)5)10-28-16-7-24-18-12(2)17(22)15(23)6-14(18)19(16)26/h6-7,11,13H,8-10H2,1-5H3/t11-,13-/m1/s1. The molecular formula is C21H25BrClN3O3. The number of carbonyl (C=O) groups excluding carboxylic acids is 1. The minimum Gasteiger partial charge on any atom is -0.488 e. The Kier molecular flexibility index (Phi) is 5.10. The van der Waals surface area contributed by atoms with Gasteiger partial charge in [-0.25, -0.2) is 4.79 Å². The Morgan fingerprint density at radius 1 is 1.38 bits per heavy atom. The maximum atomic E-state index is 12.7. The van der Waals surface area contributed by atoms with E-state index in [1.165, 1.54) is 0 Å². The molecule has 2 aliphatic rings. The van der Waals surface area contributed by atoms with Crippen LogP contribution in [0, 0.1) is 6.92 Å². The molecule has 3 heterocycles. The normalized spacial score (nSPS) is 21.5. The Hall–Kier alpha value is -1.73. The van der Waals surface area contributed by atoms with Crippen LogP contribution in [-0.4, -0.2) is 53.4 Å². The van der Waals surface area contributed by atoms with Crippen LogP contribution in [0.5, 0.6) is 5.75 Å². The highest BCUT2D eigenvalue weighted by atomic mass is 79.9. The number of halogens is 2. The van der Waals surface area contributed by atoms with Gasteiger partial charge in [-0.3, -0.25) is 4.98 Å². The lowest BCUT2D eigenvalue weighted by atomic mass is 10.0. The van der Waals surface area contributed by atoms with Crippen molar-refractivity contribution in [1.29, 1.82) is 0 Å². The lowest BCUT2D eigenvalue weighted by Crippen LogP contribution is -2.62. The third kappa shape index (κ3) is 3.63.